The number of amides is 2. The second kappa shape index (κ2) is 21.8. The molecule has 0 unspecified atom stereocenters. The molecule has 4 aliphatic rings. The number of rotatable bonds is 19. The average molecular weight is 1000 g/mol. The van der Waals surface area contributed by atoms with Crippen molar-refractivity contribution in [3.63, 3.8) is 0 Å². The third-order valence-electron chi connectivity index (χ3n) is 12.8. The summed E-state index contributed by atoms with van der Waals surface area (Å²) >= 11 is 0. The van der Waals surface area contributed by atoms with E-state index < -0.39 is 18.0 Å². The number of carboxylic acids is 2. The molecule has 25 heteroatoms. The zero-order valence-electron chi connectivity index (χ0n) is 39.6. The van der Waals surface area contributed by atoms with Crippen LogP contribution in [0.1, 0.15) is 53.5 Å². The van der Waals surface area contributed by atoms with E-state index >= 15 is 0 Å². The molecular weight excluding hydrogens is 947 g/mol. The van der Waals surface area contributed by atoms with Gasteiger partial charge < -0.3 is 55.5 Å². The fourth-order valence-electron chi connectivity index (χ4n) is 9.03. The summed E-state index contributed by atoms with van der Waals surface area (Å²) in [6.45, 7) is 3.06. The number of fused-ring (bicyclic) bond motifs is 2. The van der Waals surface area contributed by atoms with Crippen molar-refractivity contribution in [1.82, 2.24) is 54.7 Å². The summed E-state index contributed by atoms with van der Waals surface area (Å²) in [4.78, 5) is 86.1. The monoisotopic (exact) mass is 999 g/mol. The number of aliphatic carboxylic acids is 1. The number of phenolic OH excluding ortho intramolecular Hbond substituents is 1. The van der Waals surface area contributed by atoms with Gasteiger partial charge in [0.15, 0.2) is 5.43 Å². The van der Waals surface area contributed by atoms with Gasteiger partial charge >= 0.3 is 11.9 Å². The molecule has 0 spiro atoms. The van der Waals surface area contributed by atoms with Crippen LogP contribution in [0.25, 0.3) is 33.4 Å². The van der Waals surface area contributed by atoms with Gasteiger partial charge in [-0.2, -0.15) is 15.0 Å². The van der Waals surface area contributed by atoms with Crippen LogP contribution in [0.4, 0.5) is 23.5 Å². The third-order valence-corrected chi connectivity index (χ3v) is 12.8. The average Bonchev–Trinajstić information content (AvgIpc) is 4.05. The van der Waals surface area contributed by atoms with Crippen molar-refractivity contribution in [2.45, 2.75) is 51.1 Å². The number of aromatic hydroxyl groups is 1. The van der Waals surface area contributed by atoms with Crippen LogP contribution in [0.15, 0.2) is 76.2 Å². The topological polar surface area (TPSA) is 331 Å². The first-order valence-corrected chi connectivity index (χ1v) is 23.8. The number of aliphatic hydroxyl groups excluding tert-OH is 1. The highest BCUT2D eigenvalue weighted by molar-refractivity contribution is 6.08. The van der Waals surface area contributed by atoms with E-state index in [4.69, 9.17) is 25.1 Å². The highest BCUT2D eigenvalue weighted by Crippen LogP contribution is 2.42. The highest BCUT2D eigenvalue weighted by atomic mass is 16.4. The van der Waals surface area contributed by atoms with Gasteiger partial charge in [0.1, 0.15) is 29.7 Å². The van der Waals surface area contributed by atoms with Gasteiger partial charge in [0.05, 0.1) is 23.4 Å². The number of piperazine rings is 2. The molecule has 1 atom stereocenters. The van der Waals surface area contributed by atoms with E-state index in [0.717, 1.165) is 0 Å². The largest absolute Gasteiger partial charge is 0.508 e. The number of nitrogens with one attached hydrogen (secondary N) is 1. The fourth-order valence-corrected chi connectivity index (χ4v) is 9.03. The van der Waals surface area contributed by atoms with E-state index in [1.165, 1.54) is 39.7 Å². The van der Waals surface area contributed by atoms with Gasteiger partial charge in [-0.05, 0) is 67.8 Å². The number of carboxylic acid groups (broad SMARTS) is 2. The van der Waals surface area contributed by atoms with E-state index in [9.17, 15) is 44.4 Å². The SMILES string of the molecule is NCCCC[C@@H](C(=O)N1CCN(c2nc(Nc3ccc(-c4c5ccc(=O)cc-5oc5cc(O)ccc45)c(C(=O)O)c3)nc(N3CCN(C(=O)Cn4cc(CCO)nn4)CC3)n2)CC1)n1cc(CCC(=O)O)nn1. The molecule has 0 bridgehead atoms. The molecule has 6 heterocycles. The number of nitrogens with two attached hydrogens (primary N) is 1. The highest BCUT2D eigenvalue weighted by Gasteiger charge is 2.32. The van der Waals surface area contributed by atoms with Gasteiger partial charge in [0.25, 0.3) is 0 Å². The first-order valence-electron chi connectivity index (χ1n) is 23.8. The Hall–Kier alpha value is -8.58. The van der Waals surface area contributed by atoms with Gasteiger partial charge in [-0.15, -0.1) is 10.2 Å². The molecule has 0 saturated carbocycles. The zero-order chi connectivity index (χ0) is 51.2. The summed E-state index contributed by atoms with van der Waals surface area (Å²) in [6.07, 6.45) is 5.47. The molecular formula is C48H53N15O10. The molecule has 5 aromatic rings. The van der Waals surface area contributed by atoms with E-state index in [1.807, 2.05) is 9.80 Å². The van der Waals surface area contributed by atoms with Crippen molar-refractivity contribution in [1.29, 1.82) is 0 Å². The number of aromatic carboxylic acids is 1. The number of carbonyl (C=O) groups excluding carboxylic acids is 2. The van der Waals surface area contributed by atoms with Crippen LogP contribution in [0.2, 0.25) is 0 Å². The Labute approximate surface area is 415 Å². The number of hydrogen-bond acceptors (Lipinski definition) is 19. The zero-order valence-corrected chi connectivity index (χ0v) is 39.6. The normalized spacial score (nSPS) is 14.5. The quantitative estimate of drug-likeness (QED) is 0.0498. The number of phenols is 1. The Morgan fingerprint density at radius 3 is 2.16 bits per heavy atom. The number of anilines is 4. The number of aliphatic hydroxyl groups is 1. The maximum atomic E-state index is 14.2. The Morgan fingerprint density at radius 2 is 1.47 bits per heavy atom. The molecule has 2 fully saturated rings. The summed E-state index contributed by atoms with van der Waals surface area (Å²) < 4.78 is 8.95. The van der Waals surface area contributed by atoms with Crippen LogP contribution in [-0.2, 0) is 33.8 Å². The summed E-state index contributed by atoms with van der Waals surface area (Å²) in [5, 5.41) is 59.5. The van der Waals surface area contributed by atoms with Crippen LogP contribution in [-0.4, -0.2) is 164 Å². The molecule has 380 valence electrons. The number of carbonyl (C=O) groups is 4. The van der Waals surface area contributed by atoms with Gasteiger partial charge in [-0.25, -0.2) is 14.2 Å². The molecule has 1 aliphatic carbocycles. The summed E-state index contributed by atoms with van der Waals surface area (Å²) in [5.41, 5.74) is 8.31. The van der Waals surface area contributed by atoms with Crippen molar-refractivity contribution in [2.24, 2.45) is 5.73 Å². The lowest BCUT2D eigenvalue weighted by Gasteiger charge is -2.37. The number of hydrogen-bond donors (Lipinski definition) is 6. The lowest BCUT2D eigenvalue weighted by molar-refractivity contribution is -0.137. The first-order chi connectivity index (χ1) is 35.3. The summed E-state index contributed by atoms with van der Waals surface area (Å²) in [5.74, 6) is -1.69. The van der Waals surface area contributed by atoms with Gasteiger partial charge in [-0.1, -0.05) is 16.5 Å². The number of benzene rings is 3. The predicted octanol–water partition coefficient (Wildman–Crippen LogP) is 2.00. The number of aryl methyl sites for hydroxylation is 1. The smallest absolute Gasteiger partial charge is 0.336 e. The first kappa shape index (κ1) is 49.4. The van der Waals surface area contributed by atoms with Crippen LogP contribution in [0, 0.1) is 0 Å². The second-order valence-corrected chi connectivity index (χ2v) is 17.7. The Kier molecular flexibility index (Phi) is 14.8. The van der Waals surface area contributed by atoms with Crippen molar-refractivity contribution in [3.05, 3.63) is 94.2 Å². The fraction of sp³-hybridized carbons (Fsp3) is 0.375. The minimum absolute atomic E-state index is 0.0220. The molecule has 2 saturated heterocycles. The summed E-state index contributed by atoms with van der Waals surface area (Å²) in [7, 11) is 0. The van der Waals surface area contributed by atoms with Crippen molar-refractivity contribution < 1.29 is 44.0 Å². The molecule has 2 amide bonds. The predicted molar refractivity (Wildman–Crippen MR) is 263 cm³/mol. The Balaban J connectivity index is 0.986. The molecule has 7 N–H and O–H groups in total. The van der Waals surface area contributed by atoms with Crippen LogP contribution < -0.4 is 26.3 Å². The Bertz CT molecular complexity index is 3180. The van der Waals surface area contributed by atoms with Crippen LogP contribution in [0.3, 0.4) is 0 Å². The molecule has 3 aliphatic heterocycles. The molecule has 9 rings (SSSR count). The molecule has 3 aromatic heterocycles. The summed E-state index contributed by atoms with van der Waals surface area (Å²) in [6, 6.07) is 12.8. The van der Waals surface area contributed by atoms with Gasteiger partial charge in [-0.3, -0.25) is 19.2 Å². The van der Waals surface area contributed by atoms with Gasteiger partial charge in [0.2, 0.25) is 29.7 Å². The minimum atomic E-state index is -1.24. The van der Waals surface area contributed by atoms with E-state index in [1.54, 1.807) is 46.5 Å². The van der Waals surface area contributed by atoms with E-state index in [2.05, 4.69) is 25.9 Å². The van der Waals surface area contributed by atoms with E-state index in [-0.39, 0.29) is 71.8 Å². The third kappa shape index (κ3) is 11.3. The second-order valence-electron chi connectivity index (χ2n) is 17.7. The molecule has 2 aromatic carbocycles. The lowest BCUT2D eigenvalue weighted by Crippen LogP contribution is -2.51. The number of nitrogens with zero attached hydrogens (tertiary/aromatic N) is 13. The minimum Gasteiger partial charge on any atom is -0.508 e. The van der Waals surface area contributed by atoms with Gasteiger partial charge in [0, 0.05) is 119 Å². The molecule has 73 heavy (non-hydrogen) atoms. The van der Waals surface area contributed by atoms with Crippen molar-refractivity contribution in [3.8, 4) is 28.2 Å². The molecule has 25 nitrogen and oxygen atoms in total. The van der Waals surface area contributed by atoms with Crippen molar-refractivity contribution in [2.75, 3.05) is 80.6 Å². The number of unbranched alkanes of at least 4 members (excludes halogenated alkanes) is 1. The lowest BCUT2D eigenvalue weighted by atomic mass is 9.90. The maximum absolute atomic E-state index is 14.2. The van der Waals surface area contributed by atoms with E-state index in [0.29, 0.717) is 136 Å². The molecule has 0 radical (unpaired) electrons. The van der Waals surface area contributed by atoms with Crippen LogP contribution >= 0.6 is 0 Å². The van der Waals surface area contributed by atoms with Crippen LogP contribution in [0.5, 0.6) is 5.75 Å². The maximum Gasteiger partial charge on any atom is 0.336 e. The standard InChI is InChI=1S/C48H53N15O10/c49-13-2-1-3-38(63-27-30(55-57-63)5-11-42(68)69)44(70)59-16-20-61(21-17-59)48-52-46(51-47(53-48)60-18-14-58(15-19-60)41(67)28-62-26-31(12-22-64)54-56-62)50-29-4-8-34(37(23-29)45(71)72)43-35-9-6-32(65)24-39(35)73-40-25-33(66)7-10-36(40)43/h4,6-10,23-27,38,64-65H,1-3,5,11-22,28,49H2,(H,68,69)(H,71,72)(H,50,51,52,53)/t38-/m0/s1. The van der Waals surface area contributed by atoms with Crippen molar-refractivity contribution >= 4 is 58.3 Å². The Morgan fingerprint density at radius 1 is 0.767 bits per heavy atom. The number of aromatic nitrogens is 9.